The molecule has 0 radical (unpaired) electrons. The van der Waals surface area contributed by atoms with Crippen LogP contribution in [0.3, 0.4) is 0 Å². The summed E-state index contributed by atoms with van der Waals surface area (Å²) in [6.07, 6.45) is 3.42. The maximum atomic E-state index is 5.63. The third kappa shape index (κ3) is 5.95. The predicted molar refractivity (Wildman–Crippen MR) is 105 cm³/mol. The van der Waals surface area contributed by atoms with E-state index in [2.05, 4.69) is 40.5 Å². The first-order valence-electron chi connectivity index (χ1n) is 8.86. The van der Waals surface area contributed by atoms with Crippen molar-refractivity contribution in [2.45, 2.75) is 26.8 Å². The van der Waals surface area contributed by atoms with Gasteiger partial charge in [0.05, 0.1) is 25.9 Å². The highest BCUT2D eigenvalue weighted by atomic mass is 16.5. The summed E-state index contributed by atoms with van der Waals surface area (Å²) in [6.45, 7) is 8.03. The molecule has 140 valence electrons. The van der Waals surface area contributed by atoms with Crippen LogP contribution in [-0.2, 0) is 0 Å². The Hall–Kier alpha value is -2.76. The Bertz CT molecular complexity index is 704. The highest BCUT2D eigenvalue weighted by molar-refractivity contribution is 5.80. The van der Waals surface area contributed by atoms with E-state index in [1.807, 2.05) is 31.2 Å². The second-order valence-electron chi connectivity index (χ2n) is 5.91. The Morgan fingerprint density at radius 1 is 1.31 bits per heavy atom. The lowest BCUT2D eigenvalue weighted by atomic mass is 10.0. The quantitative estimate of drug-likeness (QED) is 0.432. The number of aryl methyl sites for hydroxylation is 1. The summed E-state index contributed by atoms with van der Waals surface area (Å²) >= 11 is 0. The third-order valence-corrected chi connectivity index (χ3v) is 3.81. The van der Waals surface area contributed by atoms with Crippen LogP contribution in [0.5, 0.6) is 11.5 Å². The molecule has 1 heterocycles. The van der Waals surface area contributed by atoms with Gasteiger partial charge >= 0.3 is 0 Å². The van der Waals surface area contributed by atoms with E-state index in [0.717, 1.165) is 29.6 Å². The van der Waals surface area contributed by atoms with Crippen molar-refractivity contribution in [2.24, 2.45) is 4.99 Å². The first-order chi connectivity index (χ1) is 12.6. The van der Waals surface area contributed by atoms with Gasteiger partial charge in [-0.3, -0.25) is 4.98 Å². The summed E-state index contributed by atoms with van der Waals surface area (Å²) < 4.78 is 11.1. The van der Waals surface area contributed by atoms with Crippen LogP contribution in [0.15, 0.2) is 47.7 Å². The molecule has 0 aliphatic rings. The molecule has 1 aromatic carbocycles. The SMILES string of the molecule is CCNC(=NCCOc1cccnc1)NC(C)c1cc(C)ccc1OC. The van der Waals surface area contributed by atoms with E-state index in [4.69, 9.17) is 9.47 Å². The minimum absolute atomic E-state index is 0.0573. The standard InChI is InChI=1S/C20H28N4O2/c1-5-22-20(23-11-12-26-17-7-6-10-21-14-17)24-16(3)18-13-15(2)8-9-19(18)25-4/h6-10,13-14,16H,5,11-12H2,1-4H3,(H2,22,23,24). The van der Waals surface area contributed by atoms with Crippen molar-refractivity contribution >= 4 is 5.96 Å². The van der Waals surface area contributed by atoms with Crippen molar-refractivity contribution in [1.82, 2.24) is 15.6 Å². The van der Waals surface area contributed by atoms with Crippen LogP contribution in [0, 0.1) is 6.92 Å². The molecule has 0 aliphatic heterocycles. The number of guanidine groups is 1. The van der Waals surface area contributed by atoms with Crippen LogP contribution in [0.25, 0.3) is 0 Å². The number of nitrogens with one attached hydrogen (secondary N) is 2. The van der Waals surface area contributed by atoms with Gasteiger partial charge in [-0.15, -0.1) is 0 Å². The monoisotopic (exact) mass is 356 g/mol. The second-order valence-corrected chi connectivity index (χ2v) is 5.91. The number of pyridine rings is 1. The number of hydrogen-bond acceptors (Lipinski definition) is 4. The second kappa shape index (κ2) is 10.3. The molecule has 1 aromatic heterocycles. The molecule has 0 spiro atoms. The van der Waals surface area contributed by atoms with Crippen LogP contribution in [-0.4, -0.2) is 37.7 Å². The van der Waals surface area contributed by atoms with Gasteiger partial charge in [-0.1, -0.05) is 17.7 Å². The minimum atomic E-state index is 0.0573. The van der Waals surface area contributed by atoms with Gasteiger partial charge in [0.15, 0.2) is 5.96 Å². The first kappa shape index (κ1) is 19.6. The maximum Gasteiger partial charge on any atom is 0.191 e. The number of nitrogens with zero attached hydrogens (tertiary/aromatic N) is 2. The Kier molecular flexibility index (Phi) is 7.74. The van der Waals surface area contributed by atoms with Crippen molar-refractivity contribution in [3.63, 3.8) is 0 Å². The fourth-order valence-electron chi connectivity index (χ4n) is 2.55. The summed E-state index contributed by atoms with van der Waals surface area (Å²) in [7, 11) is 1.69. The minimum Gasteiger partial charge on any atom is -0.496 e. The predicted octanol–water partition coefficient (Wildman–Crippen LogP) is 3.09. The lowest BCUT2D eigenvalue weighted by Gasteiger charge is -2.20. The number of rotatable bonds is 8. The smallest absolute Gasteiger partial charge is 0.191 e. The van der Waals surface area contributed by atoms with Gasteiger partial charge in [0.2, 0.25) is 0 Å². The molecule has 0 aliphatic carbocycles. The molecule has 0 saturated heterocycles. The fraction of sp³-hybridized carbons (Fsp3) is 0.400. The third-order valence-electron chi connectivity index (χ3n) is 3.81. The van der Waals surface area contributed by atoms with Gasteiger partial charge in [0, 0.05) is 18.3 Å². The molecule has 0 saturated carbocycles. The molecule has 2 aromatic rings. The summed E-state index contributed by atoms with van der Waals surface area (Å²) in [5.74, 6) is 2.36. The molecule has 2 N–H and O–H groups in total. The molecule has 2 rings (SSSR count). The van der Waals surface area contributed by atoms with Crippen molar-refractivity contribution in [1.29, 1.82) is 0 Å². The lowest BCUT2D eigenvalue weighted by Crippen LogP contribution is -2.39. The molecule has 0 amide bonds. The van der Waals surface area contributed by atoms with Crippen LogP contribution in [0.1, 0.15) is 31.0 Å². The zero-order valence-electron chi connectivity index (χ0n) is 16.0. The van der Waals surface area contributed by atoms with E-state index in [1.54, 1.807) is 19.5 Å². The van der Waals surface area contributed by atoms with E-state index < -0.39 is 0 Å². The van der Waals surface area contributed by atoms with Crippen LogP contribution >= 0.6 is 0 Å². The molecular weight excluding hydrogens is 328 g/mol. The summed E-state index contributed by atoms with van der Waals surface area (Å²) in [5, 5.41) is 6.69. The van der Waals surface area contributed by atoms with E-state index in [9.17, 15) is 0 Å². The highest BCUT2D eigenvalue weighted by Crippen LogP contribution is 2.25. The van der Waals surface area contributed by atoms with Crippen molar-refractivity contribution in [2.75, 3.05) is 26.8 Å². The number of aliphatic imine (C=N–C) groups is 1. The number of methoxy groups -OCH3 is 1. The number of hydrogen-bond donors (Lipinski definition) is 2. The molecule has 1 unspecified atom stereocenters. The normalized spacial score (nSPS) is 12.4. The highest BCUT2D eigenvalue weighted by Gasteiger charge is 2.13. The molecule has 6 nitrogen and oxygen atoms in total. The topological polar surface area (TPSA) is 67.8 Å². The van der Waals surface area contributed by atoms with Gasteiger partial charge in [0.1, 0.15) is 18.1 Å². The molecule has 1 atom stereocenters. The number of aromatic nitrogens is 1. The van der Waals surface area contributed by atoms with Crippen LogP contribution < -0.4 is 20.1 Å². The van der Waals surface area contributed by atoms with E-state index in [1.165, 1.54) is 5.56 Å². The largest absolute Gasteiger partial charge is 0.496 e. The summed E-state index contributed by atoms with van der Waals surface area (Å²) in [6, 6.07) is 9.96. The van der Waals surface area contributed by atoms with Crippen molar-refractivity contribution < 1.29 is 9.47 Å². The molecule has 6 heteroatoms. The van der Waals surface area contributed by atoms with E-state index >= 15 is 0 Å². The van der Waals surface area contributed by atoms with Gasteiger partial charge in [-0.25, -0.2) is 4.99 Å². The molecular formula is C20H28N4O2. The van der Waals surface area contributed by atoms with Crippen LogP contribution in [0.2, 0.25) is 0 Å². The van der Waals surface area contributed by atoms with Crippen LogP contribution in [0.4, 0.5) is 0 Å². The van der Waals surface area contributed by atoms with Gasteiger partial charge in [0.25, 0.3) is 0 Å². The number of benzene rings is 1. The fourth-order valence-corrected chi connectivity index (χ4v) is 2.55. The molecule has 0 bridgehead atoms. The Morgan fingerprint density at radius 3 is 2.85 bits per heavy atom. The average molecular weight is 356 g/mol. The van der Waals surface area contributed by atoms with E-state index in [-0.39, 0.29) is 6.04 Å². The Labute approximate surface area is 155 Å². The Balaban J connectivity index is 1.97. The first-order valence-corrected chi connectivity index (χ1v) is 8.86. The summed E-state index contributed by atoms with van der Waals surface area (Å²) in [4.78, 5) is 8.61. The molecule has 0 fully saturated rings. The lowest BCUT2D eigenvalue weighted by molar-refractivity contribution is 0.327. The van der Waals surface area contributed by atoms with Gasteiger partial charge in [-0.05, 0) is 39.0 Å². The molecule has 26 heavy (non-hydrogen) atoms. The summed E-state index contributed by atoms with van der Waals surface area (Å²) in [5.41, 5.74) is 2.30. The zero-order chi connectivity index (χ0) is 18.8. The van der Waals surface area contributed by atoms with Crippen molar-refractivity contribution in [3.05, 3.63) is 53.9 Å². The zero-order valence-corrected chi connectivity index (χ0v) is 16.0. The van der Waals surface area contributed by atoms with Gasteiger partial charge < -0.3 is 20.1 Å². The Morgan fingerprint density at radius 2 is 2.15 bits per heavy atom. The number of ether oxygens (including phenoxy) is 2. The average Bonchev–Trinajstić information content (AvgIpc) is 2.66. The van der Waals surface area contributed by atoms with Crippen molar-refractivity contribution in [3.8, 4) is 11.5 Å². The van der Waals surface area contributed by atoms with Gasteiger partial charge in [-0.2, -0.15) is 0 Å². The maximum absolute atomic E-state index is 5.63. The van der Waals surface area contributed by atoms with E-state index in [0.29, 0.717) is 13.2 Å².